The highest BCUT2D eigenvalue weighted by atomic mass is 127. The first-order chi connectivity index (χ1) is 5.81. The topological polar surface area (TPSA) is 43.3 Å². The van der Waals surface area contributed by atoms with Crippen molar-refractivity contribution < 1.29 is 0 Å². The zero-order valence-electron chi connectivity index (χ0n) is 6.37. The van der Waals surface area contributed by atoms with E-state index in [2.05, 4.69) is 27.6 Å². The summed E-state index contributed by atoms with van der Waals surface area (Å²) in [6, 6.07) is 4.03. The molecular formula is C8H8IN3. The van der Waals surface area contributed by atoms with Gasteiger partial charge in [-0.3, -0.25) is 0 Å². The highest BCUT2D eigenvalue weighted by Crippen LogP contribution is 2.12. The summed E-state index contributed by atoms with van der Waals surface area (Å²) < 4.78 is 3.14. The Morgan fingerprint density at radius 1 is 1.58 bits per heavy atom. The molecule has 0 saturated heterocycles. The second-order valence-electron chi connectivity index (χ2n) is 2.52. The van der Waals surface area contributed by atoms with Crippen molar-refractivity contribution in [3.8, 4) is 0 Å². The number of nitrogens with zero attached hydrogens (tertiary/aromatic N) is 2. The van der Waals surface area contributed by atoms with Crippen LogP contribution in [-0.2, 0) is 6.54 Å². The van der Waals surface area contributed by atoms with E-state index in [1.165, 1.54) is 0 Å². The Kier molecular flexibility index (Phi) is 2.02. The Labute approximate surface area is 83.7 Å². The van der Waals surface area contributed by atoms with E-state index in [9.17, 15) is 0 Å². The highest BCUT2D eigenvalue weighted by molar-refractivity contribution is 14.1. The molecule has 0 unspecified atom stereocenters. The van der Waals surface area contributed by atoms with Gasteiger partial charge in [0.05, 0.1) is 9.26 Å². The first-order valence-electron chi connectivity index (χ1n) is 3.63. The summed E-state index contributed by atoms with van der Waals surface area (Å²) in [4.78, 5) is 4.36. The first-order valence-corrected chi connectivity index (χ1v) is 4.71. The van der Waals surface area contributed by atoms with Crippen LogP contribution in [0, 0.1) is 3.57 Å². The van der Waals surface area contributed by atoms with E-state index in [4.69, 9.17) is 5.73 Å². The lowest BCUT2D eigenvalue weighted by Gasteiger charge is -1.92. The molecule has 12 heavy (non-hydrogen) atoms. The molecule has 0 spiro atoms. The van der Waals surface area contributed by atoms with Crippen LogP contribution in [0.3, 0.4) is 0 Å². The van der Waals surface area contributed by atoms with Crippen LogP contribution in [0.1, 0.15) is 5.69 Å². The van der Waals surface area contributed by atoms with Crippen molar-refractivity contribution >= 4 is 28.2 Å². The zero-order chi connectivity index (χ0) is 8.55. The fraction of sp³-hybridized carbons (Fsp3) is 0.125. The Balaban J connectivity index is 2.74. The third-order valence-electron chi connectivity index (χ3n) is 1.69. The molecule has 4 heteroatoms. The Morgan fingerprint density at radius 3 is 3.08 bits per heavy atom. The van der Waals surface area contributed by atoms with Crippen molar-refractivity contribution in [3.05, 3.63) is 33.8 Å². The van der Waals surface area contributed by atoms with Crippen molar-refractivity contribution in [1.82, 2.24) is 9.38 Å². The molecule has 2 rings (SSSR count). The van der Waals surface area contributed by atoms with E-state index in [0.29, 0.717) is 6.54 Å². The maximum Gasteiger partial charge on any atom is 0.150 e. The number of halogens is 1. The molecule has 0 aromatic carbocycles. The standard InChI is InChI=1S/C8H8IN3/c9-7-2-1-3-12-5-6(4-10)11-8(7)12/h1-3,5H,4,10H2. The predicted molar refractivity (Wildman–Crippen MR) is 55.8 cm³/mol. The minimum Gasteiger partial charge on any atom is -0.325 e. The number of pyridine rings is 1. The minimum atomic E-state index is 0.498. The van der Waals surface area contributed by atoms with Crippen LogP contribution in [0.15, 0.2) is 24.5 Å². The summed E-state index contributed by atoms with van der Waals surface area (Å²) in [5, 5.41) is 0. The van der Waals surface area contributed by atoms with Gasteiger partial charge in [-0.15, -0.1) is 0 Å². The molecule has 0 aliphatic heterocycles. The molecule has 2 aromatic rings. The normalized spacial score (nSPS) is 10.8. The molecule has 0 radical (unpaired) electrons. The number of rotatable bonds is 1. The van der Waals surface area contributed by atoms with Crippen molar-refractivity contribution in [2.45, 2.75) is 6.54 Å². The maximum absolute atomic E-state index is 5.49. The van der Waals surface area contributed by atoms with Crippen LogP contribution in [0.5, 0.6) is 0 Å². The summed E-state index contributed by atoms with van der Waals surface area (Å²) in [6.45, 7) is 0.498. The summed E-state index contributed by atoms with van der Waals surface area (Å²) in [7, 11) is 0. The van der Waals surface area contributed by atoms with E-state index in [1.54, 1.807) is 0 Å². The number of imidazole rings is 1. The van der Waals surface area contributed by atoms with Crippen molar-refractivity contribution in [2.24, 2.45) is 5.73 Å². The molecule has 2 aromatic heterocycles. The Hall–Kier alpha value is -0.620. The zero-order valence-corrected chi connectivity index (χ0v) is 8.52. The third kappa shape index (κ3) is 1.21. The number of nitrogens with two attached hydrogens (primary N) is 1. The lowest BCUT2D eigenvalue weighted by atomic mass is 10.5. The summed E-state index contributed by atoms with van der Waals surface area (Å²) in [5.41, 5.74) is 7.40. The summed E-state index contributed by atoms with van der Waals surface area (Å²) in [5.74, 6) is 0. The molecule has 2 heterocycles. The van der Waals surface area contributed by atoms with Crippen LogP contribution in [0.4, 0.5) is 0 Å². The number of hydrogen-bond donors (Lipinski definition) is 1. The van der Waals surface area contributed by atoms with E-state index < -0.39 is 0 Å². The first kappa shape index (κ1) is 8.00. The van der Waals surface area contributed by atoms with Gasteiger partial charge in [0, 0.05) is 18.9 Å². The Morgan fingerprint density at radius 2 is 2.42 bits per heavy atom. The predicted octanol–water partition coefficient (Wildman–Crippen LogP) is 1.40. The van der Waals surface area contributed by atoms with Gasteiger partial charge in [-0.05, 0) is 34.7 Å². The fourth-order valence-corrected chi connectivity index (χ4v) is 1.73. The molecule has 0 fully saturated rings. The van der Waals surface area contributed by atoms with Gasteiger partial charge in [-0.1, -0.05) is 0 Å². The van der Waals surface area contributed by atoms with E-state index >= 15 is 0 Å². The van der Waals surface area contributed by atoms with Gasteiger partial charge < -0.3 is 10.1 Å². The van der Waals surface area contributed by atoms with Crippen LogP contribution in [0.2, 0.25) is 0 Å². The van der Waals surface area contributed by atoms with Crippen molar-refractivity contribution in [1.29, 1.82) is 0 Å². The lowest BCUT2D eigenvalue weighted by Crippen LogP contribution is -1.95. The largest absolute Gasteiger partial charge is 0.325 e. The van der Waals surface area contributed by atoms with Crippen molar-refractivity contribution in [2.75, 3.05) is 0 Å². The lowest BCUT2D eigenvalue weighted by molar-refractivity contribution is 1.01. The maximum atomic E-state index is 5.49. The smallest absolute Gasteiger partial charge is 0.150 e. The van der Waals surface area contributed by atoms with Gasteiger partial charge in [0.2, 0.25) is 0 Å². The number of aromatic nitrogens is 2. The van der Waals surface area contributed by atoms with E-state index in [1.807, 2.05) is 28.9 Å². The monoisotopic (exact) mass is 273 g/mol. The number of fused-ring (bicyclic) bond motifs is 1. The molecule has 3 nitrogen and oxygen atoms in total. The molecule has 0 atom stereocenters. The van der Waals surface area contributed by atoms with Gasteiger partial charge in [0.25, 0.3) is 0 Å². The average Bonchev–Trinajstić information content (AvgIpc) is 2.49. The fourth-order valence-electron chi connectivity index (χ4n) is 1.13. The molecule has 0 bridgehead atoms. The molecular weight excluding hydrogens is 265 g/mol. The molecule has 0 aliphatic rings. The molecule has 2 N–H and O–H groups in total. The second-order valence-corrected chi connectivity index (χ2v) is 3.69. The van der Waals surface area contributed by atoms with Gasteiger partial charge >= 0.3 is 0 Å². The van der Waals surface area contributed by atoms with E-state index in [-0.39, 0.29) is 0 Å². The summed E-state index contributed by atoms with van der Waals surface area (Å²) in [6.07, 6.45) is 3.93. The number of hydrogen-bond acceptors (Lipinski definition) is 2. The van der Waals surface area contributed by atoms with Gasteiger partial charge in [0.15, 0.2) is 5.65 Å². The van der Waals surface area contributed by atoms with Crippen LogP contribution >= 0.6 is 22.6 Å². The SMILES string of the molecule is NCc1cn2cccc(I)c2n1. The van der Waals surface area contributed by atoms with Crippen LogP contribution in [0.25, 0.3) is 5.65 Å². The molecule has 0 amide bonds. The average molecular weight is 273 g/mol. The third-order valence-corrected chi connectivity index (χ3v) is 2.54. The van der Waals surface area contributed by atoms with Gasteiger partial charge in [-0.25, -0.2) is 4.98 Å². The molecule has 62 valence electrons. The molecule has 0 aliphatic carbocycles. The minimum absolute atomic E-state index is 0.498. The van der Waals surface area contributed by atoms with E-state index in [0.717, 1.165) is 14.9 Å². The Bertz CT molecular complexity index is 408. The summed E-state index contributed by atoms with van der Waals surface area (Å²) >= 11 is 2.26. The van der Waals surface area contributed by atoms with Crippen molar-refractivity contribution in [3.63, 3.8) is 0 Å². The quantitative estimate of drug-likeness (QED) is 0.798. The van der Waals surface area contributed by atoms with Crippen LogP contribution < -0.4 is 5.73 Å². The second kappa shape index (κ2) is 3.02. The van der Waals surface area contributed by atoms with Gasteiger partial charge in [0.1, 0.15) is 0 Å². The van der Waals surface area contributed by atoms with Crippen LogP contribution in [-0.4, -0.2) is 9.38 Å². The highest BCUT2D eigenvalue weighted by Gasteiger charge is 2.01. The molecule has 0 saturated carbocycles. The van der Waals surface area contributed by atoms with Gasteiger partial charge in [-0.2, -0.15) is 0 Å².